The summed E-state index contributed by atoms with van der Waals surface area (Å²) in [5, 5.41) is 7.04. The highest BCUT2D eigenvalue weighted by Gasteiger charge is 2.71. The van der Waals surface area contributed by atoms with Gasteiger partial charge in [0, 0.05) is 44.0 Å². The molecule has 10 heteroatoms. The van der Waals surface area contributed by atoms with Crippen molar-refractivity contribution in [2.24, 2.45) is 18.9 Å². The summed E-state index contributed by atoms with van der Waals surface area (Å²) in [4.78, 5) is 23.6. The molecular weight excluding hydrogens is 430 g/mol. The predicted octanol–water partition coefficient (Wildman–Crippen LogP) is 2.82. The van der Waals surface area contributed by atoms with Gasteiger partial charge in [-0.3, -0.25) is 4.79 Å². The molecule has 0 radical (unpaired) electrons. The van der Waals surface area contributed by atoms with E-state index in [2.05, 4.69) is 20.4 Å². The number of nitrogens with zero attached hydrogens (tertiary/aromatic N) is 5. The number of alkyl halides is 2. The number of rotatable bonds is 5. The van der Waals surface area contributed by atoms with Crippen LogP contribution in [0.2, 0.25) is 0 Å². The maximum atomic E-state index is 13.5. The first-order valence-electron chi connectivity index (χ1n) is 11.2. The van der Waals surface area contributed by atoms with Crippen LogP contribution in [0.15, 0.2) is 29.0 Å². The van der Waals surface area contributed by atoms with Crippen LogP contribution in [-0.2, 0) is 19.9 Å². The lowest BCUT2D eigenvalue weighted by Crippen LogP contribution is -2.28. The molecule has 172 valence electrons. The molecule has 4 heterocycles. The molecule has 3 aromatic rings. The summed E-state index contributed by atoms with van der Waals surface area (Å²) in [5.41, 5.74) is 4.44. The number of imidazole rings is 1. The van der Waals surface area contributed by atoms with E-state index in [4.69, 9.17) is 4.52 Å². The van der Waals surface area contributed by atoms with Crippen LogP contribution in [0.4, 0.5) is 14.6 Å². The Labute approximate surface area is 189 Å². The molecule has 2 fully saturated rings. The third kappa shape index (κ3) is 3.30. The first kappa shape index (κ1) is 20.3. The van der Waals surface area contributed by atoms with Crippen molar-refractivity contribution < 1.29 is 18.1 Å². The van der Waals surface area contributed by atoms with Gasteiger partial charge in [0.15, 0.2) is 0 Å². The SMILES string of the molecule is Cc1nc(N2CC3C(C2)C3(F)F)ccc1Cc1cc(C(=O)N[C@@H]2CCc3c2ncn3C)on1. The van der Waals surface area contributed by atoms with Gasteiger partial charge in [0.05, 0.1) is 35.6 Å². The third-order valence-electron chi connectivity index (χ3n) is 7.26. The van der Waals surface area contributed by atoms with Crippen molar-refractivity contribution in [1.82, 2.24) is 25.0 Å². The van der Waals surface area contributed by atoms with E-state index in [1.165, 1.54) is 0 Å². The van der Waals surface area contributed by atoms with Gasteiger partial charge in [-0.25, -0.2) is 18.7 Å². The number of fused-ring (bicyclic) bond motifs is 2. The third-order valence-corrected chi connectivity index (χ3v) is 7.26. The average molecular weight is 454 g/mol. The van der Waals surface area contributed by atoms with Gasteiger partial charge in [-0.1, -0.05) is 11.2 Å². The molecule has 3 aromatic heterocycles. The maximum absolute atomic E-state index is 13.5. The minimum Gasteiger partial charge on any atom is -0.356 e. The Balaban J connectivity index is 1.10. The highest BCUT2D eigenvalue weighted by Crippen LogP contribution is 2.59. The molecule has 2 aliphatic carbocycles. The highest BCUT2D eigenvalue weighted by molar-refractivity contribution is 5.91. The summed E-state index contributed by atoms with van der Waals surface area (Å²) in [6, 6.07) is 5.32. The Morgan fingerprint density at radius 2 is 2.09 bits per heavy atom. The van der Waals surface area contributed by atoms with E-state index in [0.717, 1.165) is 41.3 Å². The Morgan fingerprint density at radius 1 is 1.30 bits per heavy atom. The van der Waals surface area contributed by atoms with Crippen LogP contribution in [0.1, 0.15) is 51.4 Å². The Kier molecular flexibility index (Phi) is 4.37. The van der Waals surface area contributed by atoms with Crippen molar-refractivity contribution in [2.45, 2.75) is 38.2 Å². The van der Waals surface area contributed by atoms with E-state index < -0.39 is 17.8 Å². The van der Waals surface area contributed by atoms with Gasteiger partial charge >= 0.3 is 0 Å². The molecule has 1 aliphatic heterocycles. The van der Waals surface area contributed by atoms with Crippen LogP contribution in [0.25, 0.3) is 0 Å². The standard InChI is InChI=1S/C23H24F2N6O2/c1-12-13(3-6-20(27-12)31-9-15-16(10-31)23(15,24)25)7-14-8-19(33-29-14)22(32)28-17-4-5-18-21(17)26-11-30(18)2/h3,6,8,11,15-17H,4-5,7,9-10H2,1-2H3,(H,28,32)/t15?,16?,17-/m1/s1. The molecule has 0 aromatic carbocycles. The van der Waals surface area contributed by atoms with Crippen LogP contribution >= 0.6 is 0 Å². The maximum Gasteiger partial charge on any atom is 0.290 e. The second-order valence-electron chi connectivity index (χ2n) is 9.32. The fraction of sp³-hybridized carbons (Fsp3) is 0.478. The quantitative estimate of drug-likeness (QED) is 0.638. The van der Waals surface area contributed by atoms with Gasteiger partial charge in [0.1, 0.15) is 5.82 Å². The molecule has 1 amide bonds. The molecule has 33 heavy (non-hydrogen) atoms. The normalized spacial score (nSPS) is 24.6. The number of halogens is 2. The average Bonchev–Trinajstić information content (AvgIpc) is 3.41. The number of hydrogen-bond acceptors (Lipinski definition) is 6. The van der Waals surface area contributed by atoms with Crippen molar-refractivity contribution in [3.8, 4) is 0 Å². The molecule has 1 N–H and O–H groups in total. The molecule has 3 aliphatic rings. The summed E-state index contributed by atoms with van der Waals surface area (Å²) in [6.45, 7) is 2.60. The lowest BCUT2D eigenvalue weighted by molar-refractivity contribution is 0.0796. The van der Waals surface area contributed by atoms with Crippen molar-refractivity contribution in [1.29, 1.82) is 0 Å². The van der Waals surface area contributed by atoms with Crippen LogP contribution in [0.3, 0.4) is 0 Å². The first-order valence-corrected chi connectivity index (χ1v) is 11.2. The summed E-state index contributed by atoms with van der Waals surface area (Å²) in [7, 11) is 1.95. The number of anilines is 1. The molecule has 0 bridgehead atoms. The first-order chi connectivity index (χ1) is 15.8. The monoisotopic (exact) mass is 454 g/mol. The Hall–Kier alpha value is -3.30. The number of nitrogens with one attached hydrogen (secondary N) is 1. The second kappa shape index (κ2) is 7.10. The zero-order chi connectivity index (χ0) is 22.9. The van der Waals surface area contributed by atoms with Crippen LogP contribution in [0.5, 0.6) is 0 Å². The van der Waals surface area contributed by atoms with E-state index in [0.29, 0.717) is 25.2 Å². The molecule has 8 nitrogen and oxygen atoms in total. The minimum atomic E-state index is -2.50. The fourth-order valence-electron chi connectivity index (χ4n) is 5.19. The van der Waals surface area contributed by atoms with E-state index in [1.807, 2.05) is 35.6 Å². The minimum absolute atomic E-state index is 0.127. The summed E-state index contributed by atoms with van der Waals surface area (Å²) in [6.07, 6.45) is 3.92. The van der Waals surface area contributed by atoms with Gasteiger partial charge in [-0.2, -0.15) is 0 Å². The van der Waals surface area contributed by atoms with E-state index in [1.54, 1.807) is 12.4 Å². The number of amides is 1. The molecule has 1 saturated carbocycles. The van der Waals surface area contributed by atoms with Crippen molar-refractivity contribution >= 4 is 11.7 Å². The van der Waals surface area contributed by atoms with E-state index in [9.17, 15) is 13.6 Å². The topological polar surface area (TPSA) is 89.1 Å². The van der Waals surface area contributed by atoms with Gasteiger partial charge in [0.2, 0.25) is 5.76 Å². The van der Waals surface area contributed by atoms with E-state index >= 15 is 0 Å². The zero-order valence-corrected chi connectivity index (χ0v) is 18.4. The van der Waals surface area contributed by atoms with Crippen LogP contribution in [0, 0.1) is 18.8 Å². The predicted molar refractivity (Wildman–Crippen MR) is 114 cm³/mol. The number of pyridine rings is 1. The van der Waals surface area contributed by atoms with Gasteiger partial charge in [-0.05, 0) is 31.4 Å². The molecule has 1 saturated heterocycles. The number of hydrogen-bond donors (Lipinski definition) is 1. The largest absolute Gasteiger partial charge is 0.356 e. The van der Waals surface area contributed by atoms with Crippen LogP contribution < -0.4 is 10.2 Å². The molecule has 3 atom stereocenters. The summed E-state index contributed by atoms with van der Waals surface area (Å²) < 4.78 is 34.2. The van der Waals surface area contributed by atoms with Crippen molar-refractivity contribution in [3.63, 3.8) is 0 Å². The van der Waals surface area contributed by atoms with Gasteiger partial charge < -0.3 is 19.3 Å². The smallest absolute Gasteiger partial charge is 0.290 e. The van der Waals surface area contributed by atoms with E-state index in [-0.39, 0.29) is 17.7 Å². The lowest BCUT2D eigenvalue weighted by Gasteiger charge is -2.21. The Bertz CT molecular complexity index is 1240. The van der Waals surface area contributed by atoms with Gasteiger partial charge in [0.25, 0.3) is 11.8 Å². The van der Waals surface area contributed by atoms with Crippen molar-refractivity contribution in [3.05, 3.63) is 58.6 Å². The molecule has 2 unspecified atom stereocenters. The molecular formula is C23H24F2N6O2. The number of carbonyl (C=O) groups is 1. The van der Waals surface area contributed by atoms with Crippen LogP contribution in [-0.4, -0.2) is 44.6 Å². The number of piperidine rings is 1. The lowest BCUT2D eigenvalue weighted by atomic mass is 10.1. The second-order valence-corrected chi connectivity index (χ2v) is 9.32. The molecule has 6 rings (SSSR count). The van der Waals surface area contributed by atoms with Gasteiger partial charge in [-0.15, -0.1) is 0 Å². The number of aromatic nitrogens is 4. The van der Waals surface area contributed by atoms with Crippen molar-refractivity contribution in [2.75, 3.05) is 18.0 Å². The number of carbonyl (C=O) groups excluding carboxylic acids is 1. The molecule has 0 spiro atoms. The Morgan fingerprint density at radius 3 is 2.85 bits per heavy atom. The zero-order valence-electron chi connectivity index (χ0n) is 18.4. The summed E-state index contributed by atoms with van der Waals surface area (Å²) >= 11 is 0. The summed E-state index contributed by atoms with van der Waals surface area (Å²) in [5.74, 6) is -2.99. The fourth-order valence-corrected chi connectivity index (χ4v) is 5.19. The number of aryl methyl sites for hydroxylation is 2. The highest BCUT2D eigenvalue weighted by atomic mass is 19.3.